The van der Waals surface area contributed by atoms with Gasteiger partial charge in [-0.05, 0) is 79.3 Å². The standard InChI is InChI=1S/C27H24ClN5O5S/c1-2-37-22-13-11-21(12-14-22)33-26(18-7-9-20(28)10-8-18)31-32-27(33)39-17-24(34)30-29-15-19-5-3-4-6-23(19)38-16-25(35)36/h3-15H,2,16-17H2,1H3,(H2,30,34,35,36)/b29-15+. The van der Waals surface area contributed by atoms with E-state index >= 15 is 0 Å². The molecule has 0 aliphatic rings. The van der Waals surface area contributed by atoms with Crippen LogP contribution in [0.2, 0.25) is 5.02 Å². The molecule has 1 heterocycles. The minimum absolute atomic E-state index is 0.0299. The number of ether oxygens (including phenoxy) is 2. The lowest BCUT2D eigenvalue weighted by molar-refractivity contribution is -0.625. The Labute approximate surface area is 233 Å². The molecule has 0 bridgehead atoms. The van der Waals surface area contributed by atoms with E-state index in [1.54, 1.807) is 36.4 Å². The van der Waals surface area contributed by atoms with Gasteiger partial charge in [-0.2, -0.15) is 9.67 Å². The van der Waals surface area contributed by atoms with Gasteiger partial charge >= 0.3 is 5.16 Å². The molecular formula is C27H24ClN5O5S. The summed E-state index contributed by atoms with van der Waals surface area (Å²) in [6.45, 7) is 1.89. The van der Waals surface area contributed by atoms with Crippen LogP contribution in [0.25, 0.3) is 17.1 Å². The first kappa shape index (κ1) is 27.7. The molecular weight excluding hydrogens is 542 g/mol. The number of aromatic nitrogens is 3. The number of para-hydroxylation sites is 1. The second-order valence-corrected chi connectivity index (χ2v) is 9.28. The van der Waals surface area contributed by atoms with Gasteiger partial charge in [0.15, 0.2) is 0 Å². The third-order valence-corrected chi connectivity index (χ3v) is 6.38. The van der Waals surface area contributed by atoms with E-state index in [0.717, 1.165) is 17.0 Å². The SMILES string of the molecule is CCOc1ccc(-[n+]2c(SCC(=O)N/N=C/c3ccccc3OCC(=O)[O-])n[nH]c2-c2ccc(Cl)cc2)cc1. The highest BCUT2D eigenvalue weighted by molar-refractivity contribution is 7.99. The molecule has 10 nitrogen and oxygen atoms in total. The van der Waals surface area contributed by atoms with Gasteiger partial charge in [0.2, 0.25) is 0 Å². The molecule has 0 fully saturated rings. The molecule has 0 unspecified atom stereocenters. The molecule has 4 aromatic rings. The lowest BCUT2D eigenvalue weighted by atomic mass is 10.2. The third kappa shape index (κ3) is 7.59. The van der Waals surface area contributed by atoms with Crippen LogP contribution in [-0.2, 0) is 9.59 Å². The van der Waals surface area contributed by atoms with Gasteiger partial charge in [0.1, 0.15) is 23.8 Å². The van der Waals surface area contributed by atoms with Crippen molar-refractivity contribution in [3.63, 3.8) is 0 Å². The molecule has 0 spiro atoms. The zero-order chi connectivity index (χ0) is 27.6. The first-order valence-electron chi connectivity index (χ1n) is 11.8. The molecule has 0 saturated carbocycles. The summed E-state index contributed by atoms with van der Waals surface area (Å²) in [6, 6.07) is 21.6. The van der Waals surface area contributed by atoms with E-state index in [9.17, 15) is 14.7 Å². The van der Waals surface area contributed by atoms with Crippen LogP contribution in [0, 0.1) is 0 Å². The Kier molecular flexibility index (Phi) is 9.54. The molecule has 4 rings (SSSR count). The molecule has 200 valence electrons. The summed E-state index contributed by atoms with van der Waals surface area (Å²) in [7, 11) is 0. The second-order valence-electron chi connectivity index (χ2n) is 7.90. The number of nitrogens with one attached hydrogen (secondary N) is 2. The van der Waals surface area contributed by atoms with Crippen LogP contribution in [0.5, 0.6) is 11.5 Å². The van der Waals surface area contributed by atoms with E-state index in [2.05, 4.69) is 20.7 Å². The van der Waals surface area contributed by atoms with Crippen LogP contribution >= 0.6 is 23.4 Å². The molecule has 0 aliphatic carbocycles. The number of aliphatic carboxylic acids is 1. The number of hydrogen-bond donors (Lipinski definition) is 2. The van der Waals surface area contributed by atoms with E-state index in [1.807, 2.05) is 47.9 Å². The fourth-order valence-electron chi connectivity index (χ4n) is 3.48. The minimum Gasteiger partial charge on any atom is -0.546 e. The van der Waals surface area contributed by atoms with Crippen LogP contribution in [-0.4, -0.2) is 47.3 Å². The average molecular weight is 566 g/mol. The molecule has 0 aliphatic heterocycles. The number of nitrogens with zero attached hydrogens (tertiary/aromatic N) is 3. The van der Waals surface area contributed by atoms with Gasteiger partial charge in [0.25, 0.3) is 11.7 Å². The molecule has 1 amide bonds. The molecule has 12 heteroatoms. The van der Waals surface area contributed by atoms with E-state index in [-0.39, 0.29) is 11.7 Å². The molecule has 39 heavy (non-hydrogen) atoms. The third-order valence-electron chi connectivity index (χ3n) is 5.19. The highest BCUT2D eigenvalue weighted by Gasteiger charge is 2.24. The van der Waals surface area contributed by atoms with Gasteiger partial charge in [0, 0.05) is 10.6 Å². The van der Waals surface area contributed by atoms with Crippen LogP contribution in [0.15, 0.2) is 83.1 Å². The van der Waals surface area contributed by atoms with Crippen molar-refractivity contribution in [3.05, 3.63) is 83.4 Å². The summed E-state index contributed by atoms with van der Waals surface area (Å²) in [5.41, 5.74) is 4.65. The van der Waals surface area contributed by atoms with Crippen molar-refractivity contribution in [3.8, 4) is 28.6 Å². The summed E-state index contributed by atoms with van der Waals surface area (Å²) < 4.78 is 12.7. The average Bonchev–Trinajstić information content (AvgIpc) is 3.36. The topological polar surface area (TPSA) is 133 Å². The molecule has 2 N–H and O–H groups in total. The van der Waals surface area contributed by atoms with Gasteiger partial charge in [-0.15, -0.1) is 5.10 Å². The molecule has 0 atom stereocenters. The van der Waals surface area contributed by atoms with Gasteiger partial charge < -0.3 is 19.4 Å². The van der Waals surface area contributed by atoms with Crippen LogP contribution in [0.1, 0.15) is 12.5 Å². The Morgan fingerprint density at radius 1 is 1.10 bits per heavy atom. The van der Waals surface area contributed by atoms with E-state index in [4.69, 9.17) is 21.1 Å². The van der Waals surface area contributed by atoms with Gasteiger partial charge in [-0.1, -0.05) is 23.7 Å². The Hall–Kier alpha value is -4.35. The smallest absolute Gasteiger partial charge is 0.342 e. The predicted octanol–water partition coefficient (Wildman–Crippen LogP) is 2.78. The van der Waals surface area contributed by atoms with E-state index < -0.39 is 12.6 Å². The molecule has 0 saturated heterocycles. The molecule has 3 aromatic carbocycles. The number of carboxylic acid groups (broad SMARTS) is 1. The van der Waals surface area contributed by atoms with E-state index in [1.165, 1.54) is 18.0 Å². The monoisotopic (exact) mass is 565 g/mol. The highest BCUT2D eigenvalue weighted by Crippen LogP contribution is 2.23. The van der Waals surface area contributed by atoms with Gasteiger partial charge in [-0.3, -0.25) is 4.79 Å². The van der Waals surface area contributed by atoms with Gasteiger partial charge in [0.05, 0.1) is 35.2 Å². The maximum Gasteiger partial charge on any atom is 0.342 e. The number of carbonyl (C=O) groups is 2. The number of hydrogen-bond acceptors (Lipinski definition) is 8. The number of hydrazone groups is 1. The Morgan fingerprint density at radius 3 is 2.56 bits per heavy atom. The highest BCUT2D eigenvalue weighted by atomic mass is 35.5. The number of thioether (sulfide) groups is 1. The zero-order valence-electron chi connectivity index (χ0n) is 20.8. The quantitative estimate of drug-likeness (QED) is 0.117. The predicted molar refractivity (Wildman–Crippen MR) is 145 cm³/mol. The largest absolute Gasteiger partial charge is 0.546 e. The fourth-order valence-corrected chi connectivity index (χ4v) is 4.37. The first-order valence-corrected chi connectivity index (χ1v) is 13.2. The Bertz CT molecular complexity index is 1460. The Balaban J connectivity index is 1.48. The number of H-pyrrole nitrogens is 1. The maximum atomic E-state index is 12.5. The lowest BCUT2D eigenvalue weighted by Crippen LogP contribution is -2.34. The van der Waals surface area contributed by atoms with Crippen molar-refractivity contribution in [2.24, 2.45) is 5.10 Å². The number of benzene rings is 3. The zero-order valence-corrected chi connectivity index (χ0v) is 22.4. The van der Waals surface area contributed by atoms with Crippen molar-refractivity contribution in [2.75, 3.05) is 19.0 Å². The summed E-state index contributed by atoms with van der Waals surface area (Å²) in [6.07, 6.45) is 1.38. The molecule has 1 aromatic heterocycles. The normalized spacial score (nSPS) is 10.9. The molecule has 0 radical (unpaired) electrons. The minimum atomic E-state index is -1.34. The number of amides is 1. The number of halogens is 1. The van der Waals surface area contributed by atoms with E-state index in [0.29, 0.717) is 33.9 Å². The van der Waals surface area contributed by atoms with Crippen molar-refractivity contribution in [1.82, 2.24) is 15.6 Å². The lowest BCUT2D eigenvalue weighted by Gasteiger charge is -2.09. The summed E-state index contributed by atoms with van der Waals surface area (Å²) in [4.78, 5) is 23.2. The van der Waals surface area contributed by atoms with Crippen molar-refractivity contribution < 1.29 is 28.7 Å². The van der Waals surface area contributed by atoms with Crippen molar-refractivity contribution in [1.29, 1.82) is 0 Å². The summed E-state index contributed by atoms with van der Waals surface area (Å²) in [5, 5.41) is 23.3. The van der Waals surface area contributed by atoms with Crippen molar-refractivity contribution in [2.45, 2.75) is 12.1 Å². The summed E-state index contributed by atoms with van der Waals surface area (Å²) in [5.74, 6) is 0.0890. The Morgan fingerprint density at radius 2 is 1.85 bits per heavy atom. The van der Waals surface area contributed by atoms with Crippen LogP contribution < -0.4 is 24.6 Å². The van der Waals surface area contributed by atoms with Crippen LogP contribution in [0.3, 0.4) is 0 Å². The number of rotatable bonds is 12. The fraction of sp³-hybridized carbons (Fsp3) is 0.148. The maximum absolute atomic E-state index is 12.5. The number of carboxylic acids is 1. The number of carbonyl (C=O) groups excluding carboxylic acids is 2. The number of aromatic amines is 1. The van der Waals surface area contributed by atoms with Crippen molar-refractivity contribution >= 4 is 41.5 Å². The van der Waals surface area contributed by atoms with Gasteiger partial charge in [-0.25, -0.2) is 5.43 Å². The second kappa shape index (κ2) is 13.4. The summed E-state index contributed by atoms with van der Waals surface area (Å²) >= 11 is 7.30. The van der Waals surface area contributed by atoms with Crippen LogP contribution in [0.4, 0.5) is 0 Å². The first-order chi connectivity index (χ1) is 18.9.